The van der Waals surface area contributed by atoms with E-state index in [4.69, 9.17) is 0 Å². The lowest BCUT2D eigenvalue weighted by Crippen LogP contribution is -2.00. The lowest BCUT2D eigenvalue weighted by molar-refractivity contribution is -0.384. The van der Waals surface area contributed by atoms with Crippen LogP contribution in [0.25, 0.3) is 0 Å². The van der Waals surface area contributed by atoms with Gasteiger partial charge in [0.05, 0.1) is 14.7 Å². The molecule has 0 bridgehead atoms. The number of nitro benzene ring substituents is 1. The molecule has 0 aliphatic rings. The average molecular weight is 252 g/mol. The SMILES string of the molecule is O=[N+]([O-])c1ccc(S(=O)(=O)c2cc[nH]c2)cc1. The number of H-pyrrole nitrogens is 1. The van der Waals surface area contributed by atoms with Crippen molar-refractivity contribution in [2.75, 3.05) is 0 Å². The molecule has 2 rings (SSSR count). The lowest BCUT2D eigenvalue weighted by Gasteiger charge is -2.01. The number of sulfone groups is 1. The van der Waals surface area contributed by atoms with Gasteiger partial charge in [-0.15, -0.1) is 0 Å². The monoisotopic (exact) mass is 252 g/mol. The van der Waals surface area contributed by atoms with Crippen molar-refractivity contribution in [1.29, 1.82) is 0 Å². The topological polar surface area (TPSA) is 93.1 Å². The molecule has 0 fully saturated rings. The Labute approximate surface area is 97.0 Å². The second-order valence-corrected chi connectivity index (χ2v) is 5.25. The van der Waals surface area contributed by atoms with Gasteiger partial charge in [-0.1, -0.05) is 0 Å². The molecular weight excluding hydrogens is 244 g/mol. The van der Waals surface area contributed by atoms with E-state index in [1.165, 1.54) is 42.7 Å². The molecule has 0 atom stereocenters. The van der Waals surface area contributed by atoms with E-state index in [0.717, 1.165) is 0 Å². The first kappa shape index (κ1) is 11.3. The summed E-state index contributed by atoms with van der Waals surface area (Å²) < 4.78 is 24.0. The fourth-order valence-electron chi connectivity index (χ4n) is 1.36. The fraction of sp³-hybridized carbons (Fsp3) is 0. The van der Waals surface area contributed by atoms with Crippen LogP contribution in [0.5, 0.6) is 0 Å². The van der Waals surface area contributed by atoms with Crippen LogP contribution in [0.15, 0.2) is 52.5 Å². The first-order valence-electron chi connectivity index (χ1n) is 4.64. The second kappa shape index (κ2) is 4.02. The Hall–Kier alpha value is -2.15. The van der Waals surface area contributed by atoms with Crippen LogP contribution in [0.4, 0.5) is 5.69 Å². The van der Waals surface area contributed by atoms with Gasteiger partial charge in [0.25, 0.3) is 5.69 Å². The van der Waals surface area contributed by atoms with Gasteiger partial charge in [0.1, 0.15) is 0 Å². The van der Waals surface area contributed by atoms with E-state index in [1.807, 2.05) is 0 Å². The van der Waals surface area contributed by atoms with Gasteiger partial charge in [-0.3, -0.25) is 10.1 Å². The predicted octanol–water partition coefficient (Wildman–Crippen LogP) is 1.76. The maximum Gasteiger partial charge on any atom is 0.269 e. The van der Waals surface area contributed by atoms with E-state index >= 15 is 0 Å². The number of hydrogen-bond acceptors (Lipinski definition) is 4. The molecular formula is C10H8N2O4S. The summed E-state index contributed by atoms with van der Waals surface area (Å²) in [5, 5.41) is 10.4. The molecule has 1 N–H and O–H groups in total. The normalized spacial score (nSPS) is 11.3. The summed E-state index contributed by atoms with van der Waals surface area (Å²) in [5.41, 5.74) is -0.141. The molecule has 2 aromatic rings. The van der Waals surface area contributed by atoms with E-state index in [-0.39, 0.29) is 15.5 Å². The summed E-state index contributed by atoms with van der Waals surface area (Å²) >= 11 is 0. The Morgan fingerprint density at radius 3 is 2.18 bits per heavy atom. The van der Waals surface area contributed by atoms with E-state index in [2.05, 4.69) is 4.98 Å². The van der Waals surface area contributed by atoms with Crippen LogP contribution in [0.2, 0.25) is 0 Å². The zero-order valence-corrected chi connectivity index (χ0v) is 9.35. The molecule has 0 spiro atoms. The minimum atomic E-state index is -3.59. The highest BCUT2D eigenvalue weighted by Crippen LogP contribution is 2.22. The van der Waals surface area contributed by atoms with Gasteiger partial charge >= 0.3 is 0 Å². The quantitative estimate of drug-likeness (QED) is 0.665. The van der Waals surface area contributed by atoms with Crippen LogP contribution in [0, 0.1) is 10.1 Å². The van der Waals surface area contributed by atoms with Crippen molar-refractivity contribution in [3.05, 3.63) is 52.8 Å². The number of non-ortho nitro benzene ring substituents is 1. The number of aromatic amines is 1. The number of hydrogen-bond donors (Lipinski definition) is 1. The Kier molecular flexibility index (Phi) is 2.68. The number of nitrogens with zero attached hydrogens (tertiary/aromatic N) is 1. The third-order valence-electron chi connectivity index (χ3n) is 2.24. The predicted molar refractivity (Wildman–Crippen MR) is 59.3 cm³/mol. The molecule has 0 aliphatic heterocycles. The Bertz CT molecular complexity index is 629. The van der Waals surface area contributed by atoms with Crippen molar-refractivity contribution >= 4 is 15.5 Å². The van der Waals surface area contributed by atoms with Crippen LogP contribution in [-0.4, -0.2) is 18.3 Å². The molecule has 0 saturated heterocycles. The molecule has 0 aliphatic carbocycles. The summed E-state index contributed by atoms with van der Waals surface area (Å²) in [6, 6.07) is 6.21. The van der Waals surface area contributed by atoms with Crippen molar-refractivity contribution in [3.63, 3.8) is 0 Å². The van der Waals surface area contributed by atoms with Crippen molar-refractivity contribution < 1.29 is 13.3 Å². The number of nitro groups is 1. The fourth-order valence-corrected chi connectivity index (χ4v) is 2.60. The summed E-state index contributed by atoms with van der Waals surface area (Å²) in [7, 11) is -3.59. The van der Waals surface area contributed by atoms with Gasteiger partial charge in [0.2, 0.25) is 9.84 Å². The van der Waals surface area contributed by atoms with Crippen molar-refractivity contribution in [3.8, 4) is 0 Å². The largest absolute Gasteiger partial charge is 0.366 e. The molecule has 1 aromatic carbocycles. The van der Waals surface area contributed by atoms with Crippen LogP contribution in [0.3, 0.4) is 0 Å². The zero-order valence-electron chi connectivity index (χ0n) is 8.53. The molecule has 1 aromatic heterocycles. The molecule has 17 heavy (non-hydrogen) atoms. The van der Waals surface area contributed by atoms with E-state index < -0.39 is 14.8 Å². The Morgan fingerprint density at radius 1 is 1.06 bits per heavy atom. The molecule has 0 unspecified atom stereocenters. The van der Waals surface area contributed by atoms with Crippen LogP contribution in [0.1, 0.15) is 0 Å². The molecule has 0 saturated carbocycles. The molecule has 6 nitrogen and oxygen atoms in total. The summed E-state index contributed by atoms with van der Waals surface area (Å²) in [6.07, 6.45) is 2.86. The van der Waals surface area contributed by atoms with Crippen LogP contribution >= 0.6 is 0 Å². The molecule has 7 heteroatoms. The van der Waals surface area contributed by atoms with Crippen LogP contribution < -0.4 is 0 Å². The maximum atomic E-state index is 12.0. The number of benzene rings is 1. The third kappa shape index (κ3) is 2.04. The van der Waals surface area contributed by atoms with E-state index in [9.17, 15) is 18.5 Å². The summed E-state index contributed by atoms with van der Waals surface area (Å²) in [6.45, 7) is 0. The molecule has 88 valence electrons. The highest BCUT2D eigenvalue weighted by Gasteiger charge is 2.18. The Balaban J connectivity index is 2.45. The zero-order chi connectivity index (χ0) is 12.5. The summed E-state index contributed by atoms with van der Waals surface area (Å²) in [5.74, 6) is 0. The third-order valence-corrected chi connectivity index (χ3v) is 4.00. The van der Waals surface area contributed by atoms with Crippen molar-refractivity contribution in [2.24, 2.45) is 0 Å². The maximum absolute atomic E-state index is 12.0. The minimum Gasteiger partial charge on any atom is -0.366 e. The van der Waals surface area contributed by atoms with Crippen molar-refractivity contribution in [1.82, 2.24) is 4.98 Å². The minimum absolute atomic E-state index is 0.0303. The van der Waals surface area contributed by atoms with Gasteiger partial charge in [-0.05, 0) is 18.2 Å². The Morgan fingerprint density at radius 2 is 1.71 bits per heavy atom. The van der Waals surface area contributed by atoms with Crippen molar-refractivity contribution in [2.45, 2.75) is 9.79 Å². The molecule has 0 amide bonds. The number of nitrogens with one attached hydrogen (secondary N) is 1. The average Bonchev–Trinajstić information content (AvgIpc) is 2.83. The standard InChI is InChI=1S/C10H8N2O4S/c13-12(14)8-1-3-9(4-2-8)17(15,16)10-5-6-11-7-10/h1-7,11H. The smallest absolute Gasteiger partial charge is 0.269 e. The van der Waals surface area contributed by atoms with Gasteiger partial charge in [-0.2, -0.15) is 0 Å². The highest BCUT2D eigenvalue weighted by molar-refractivity contribution is 7.91. The molecule has 0 radical (unpaired) electrons. The second-order valence-electron chi connectivity index (χ2n) is 3.30. The van der Waals surface area contributed by atoms with Gasteiger partial charge in [0.15, 0.2) is 0 Å². The number of rotatable bonds is 3. The highest BCUT2D eigenvalue weighted by atomic mass is 32.2. The van der Waals surface area contributed by atoms with Crippen LogP contribution in [-0.2, 0) is 9.84 Å². The van der Waals surface area contributed by atoms with Gasteiger partial charge < -0.3 is 4.98 Å². The van der Waals surface area contributed by atoms with Gasteiger partial charge in [-0.25, -0.2) is 8.42 Å². The van der Waals surface area contributed by atoms with E-state index in [0.29, 0.717) is 0 Å². The van der Waals surface area contributed by atoms with E-state index in [1.54, 1.807) is 0 Å². The summed E-state index contributed by atoms with van der Waals surface area (Å²) in [4.78, 5) is 12.7. The molecule has 1 heterocycles. The lowest BCUT2D eigenvalue weighted by atomic mass is 10.3. The number of aromatic nitrogens is 1. The van der Waals surface area contributed by atoms with Gasteiger partial charge in [0, 0.05) is 24.5 Å². The first-order chi connectivity index (χ1) is 8.01. The first-order valence-corrected chi connectivity index (χ1v) is 6.12.